The van der Waals surface area contributed by atoms with Crippen LogP contribution in [-0.2, 0) is 14.8 Å². The average Bonchev–Trinajstić information content (AvgIpc) is 2.56. The van der Waals surface area contributed by atoms with Crippen LogP contribution in [0, 0.1) is 5.92 Å². The minimum Gasteiger partial charge on any atom is -0.356 e. The van der Waals surface area contributed by atoms with E-state index in [1.807, 2.05) is 0 Å². The lowest BCUT2D eigenvalue weighted by Crippen LogP contribution is -2.33. The van der Waals surface area contributed by atoms with Gasteiger partial charge in [-0.25, -0.2) is 8.42 Å². The van der Waals surface area contributed by atoms with Gasteiger partial charge in [0.1, 0.15) is 0 Å². The van der Waals surface area contributed by atoms with Gasteiger partial charge in [-0.05, 0) is 37.0 Å². The minimum absolute atomic E-state index is 0.0532. The predicted molar refractivity (Wildman–Crippen MR) is 114 cm³/mol. The molecule has 27 heavy (non-hydrogen) atoms. The van der Waals surface area contributed by atoms with E-state index in [0.29, 0.717) is 34.6 Å². The zero-order chi connectivity index (χ0) is 20.4. The van der Waals surface area contributed by atoms with Gasteiger partial charge in [0.25, 0.3) is 0 Å². The van der Waals surface area contributed by atoms with Gasteiger partial charge < -0.3 is 5.32 Å². The Balaban J connectivity index is 2.58. The van der Waals surface area contributed by atoms with Crippen LogP contribution in [0.2, 0.25) is 10.0 Å². The summed E-state index contributed by atoms with van der Waals surface area (Å²) in [6, 6.07) is 4.64. The number of nitrogens with one attached hydrogen (secondary N) is 1. The SMILES string of the molecule is CCCC[C@@H](CC)CNC(=O)CCCN(c1cc(Cl)cc(Cl)c1)S(C)(=O)=O. The molecular weight excluding hydrogens is 407 g/mol. The van der Waals surface area contributed by atoms with E-state index < -0.39 is 10.0 Å². The highest BCUT2D eigenvalue weighted by molar-refractivity contribution is 7.92. The second-order valence-corrected chi connectivity index (χ2v) is 9.57. The molecule has 1 rings (SSSR count). The van der Waals surface area contributed by atoms with Gasteiger partial charge in [0, 0.05) is 29.6 Å². The van der Waals surface area contributed by atoms with Gasteiger partial charge in [-0.2, -0.15) is 0 Å². The summed E-state index contributed by atoms with van der Waals surface area (Å²) >= 11 is 12.0. The Bertz CT molecular complexity index is 691. The van der Waals surface area contributed by atoms with E-state index >= 15 is 0 Å². The van der Waals surface area contributed by atoms with Crippen molar-refractivity contribution in [2.24, 2.45) is 5.92 Å². The highest BCUT2D eigenvalue weighted by atomic mass is 35.5. The number of nitrogens with zero attached hydrogens (tertiary/aromatic N) is 1. The van der Waals surface area contributed by atoms with Crippen molar-refractivity contribution in [1.82, 2.24) is 5.32 Å². The zero-order valence-electron chi connectivity index (χ0n) is 16.3. The maximum Gasteiger partial charge on any atom is 0.232 e. The molecule has 0 fully saturated rings. The first-order valence-corrected chi connectivity index (χ1v) is 12.0. The minimum atomic E-state index is -3.51. The summed E-state index contributed by atoms with van der Waals surface area (Å²) in [7, 11) is -3.51. The van der Waals surface area contributed by atoms with Crippen LogP contribution in [0.1, 0.15) is 52.4 Å². The van der Waals surface area contributed by atoms with E-state index in [1.165, 1.54) is 10.7 Å². The molecule has 1 atom stereocenters. The molecule has 1 N–H and O–H groups in total. The van der Waals surface area contributed by atoms with Crippen LogP contribution in [0.25, 0.3) is 0 Å². The van der Waals surface area contributed by atoms with Crippen molar-refractivity contribution >= 4 is 44.8 Å². The molecule has 1 aromatic rings. The van der Waals surface area contributed by atoms with E-state index in [9.17, 15) is 13.2 Å². The fourth-order valence-corrected chi connectivity index (χ4v) is 4.31. The number of carbonyl (C=O) groups is 1. The molecule has 1 amide bonds. The summed E-state index contributed by atoms with van der Waals surface area (Å²) in [5.41, 5.74) is 0.404. The lowest BCUT2D eigenvalue weighted by Gasteiger charge is -2.23. The molecule has 0 aliphatic rings. The van der Waals surface area contributed by atoms with Gasteiger partial charge in [0.15, 0.2) is 0 Å². The summed E-state index contributed by atoms with van der Waals surface area (Å²) < 4.78 is 25.5. The normalized spacial score (nSPS) is 12.6. The molecule has 0 aliphatic carbocycles. The first-order valence-electron chi connectivity index (χ1n) is 9.37. The van der Waals surface area contributed by atoms with Crippen LogP contribution in [0.3, 0.4) is 0 Å². The maximum absolute atomic E-state index is 12.1. The third-order valence-electron chi connectivity index (χ3n) is 4.43. The number of benzene rings is 1. The Morgan fingerprint density at radius 1 is 1.15 bits per heavy atom. The third kappa shape index (κ3) is 9.17. The quantitative estimate of drug-likeness (QED) is 0.507. The molecular formula is C19H30Cl2N2O3S. The van der Waals surface area contributed by atoms with Gasteiger partial charge in [-0.1, -0.05) is 56.3 Å². The van der Waals surface area contributed by atoms with Crippen molar-refractivity contribution in [3.8, 4) is 0 Å². The number of hydrogen-bond donors (Lipinski definition) is 1. The average molecular weight is 437 g/mol. The molecule has 0 radical (unpaired) electrons. The monoisotopic (exact) mass is 436 g/mol. The van der Waals surface area contributed by atoms with Crippen LogP contribution in [0.4, 0.5) is 5.69 Å². The molecule has 0 spiro atoms. The first kappa shape index (κ1) is 24.1. The van der Waals surface area contributed by atoms with Crippen LogP contribution < -0.4 is 9.62 Å². The summed E-state index contributed by atoms with van der Waals surface area (Å²) in [6.45, 7) is 5.16. The van der Waals surface area contributed by atoms with Gasteiger partial charge >= 0.3 is 0 Å². The predicted octanol–water partition coefficient (Wildman–Crippen LogP) is 4.87. The van der Waals surface area contributed by atoms with Crippen molar-refractivity contribution < 1.29 is 13.2 Å². The van der Waals surface area contributed by atoms with Crippen molar-refractivity contribution in [3.05, 3.63) is 28.2 Å². The molecule has 0 saturated carbocycles. The summed E-state index contributed by atoms with van der Waals surface area (Å²) in [4.78, 5) is 12.1. The van der Waals surface area contributed by atoms with Crippen LogP contribution >= 0.6 is 23.2 Å². The number of hydrogen-bond acceptors (Lipinski definition) is 3. The molecule has 0 unspecified atom stereocenters. The number of unbranched alkanes of at least 4 members (excludes halogenated alkanes) is 1. The van der Waals surface area contributed by atoms with Crippen molar-refractivity contribution in [2.75, 3.05) is 23.7 Å². The molecule has 1 aromatic carbocycles. The second kappa shape index (κ2) is 11.8. The van der Waals surface area contributed by atoms with Crippen LogP contribution in [0.15, 0.2) is 18.2 Å². The fourth-order valence-electron chi connectivity index (χ4n) is 2.84. The first-order chi connectivity index (χ1) is 12.7. The molecule has 0 aromatic heterocycles. The van der Waals surface area contributed by atoms with Crippen molar-refractivity contribution in [2.45, 2.75) is 52.4 Å². The van der Waals surface area contributed by atoms with Gasteiger partial charge in [-0.15, -0.1) is 0 Å². The Morgan fingerprint density at radius 3 is 2.30 bits per heavy atom. The zero-order valence-corrected chi connectivity index (χ0v) is 18.6. The molecule has 0 bridgehead atoms. The highest BCUT2D eigenvalue weighted by Gasteiger charge is 2.19. The van der Waals surface area contributed by atoms with Crippen molar-refractivity contribution in [1.29, 1.82) is 0 Å². The molecule has 0 aliphatic heterocycles. The van der Waals surface area contributed by atoms with Gasteiger partial charge in [0.05, 0.1) is 11.9 Å². The van der Waals surface area contributed by atoms with Gasteiger partial charge in [0.2, 0.25) is 15.9 Å². The van der Waals surface area contributed by atoms with Crippen LogP contribution in [0.5, 0.6) is 0 Å². The number of rotatable bonds is 12. The number of amides is 1. The fraction of sp³-hybridized carbons (Fsp3) is 0.632. The van der Waals surface area contributed by atoms with E-state index in [4.69, 9.17) is 23.2 Å². The Hall–Kier alpha value is -0.980. The summed E-state index contributed by atoms with van der Waals surface area (Å²) in [6.07, 6.45) is 6.28. The summed E-state index contributed by atoms with van der Waals surface area (Å²) in [5, 5.41) is 3.69. The van der Waals surface area contributed by atoms with Crippen LogP contribution in [-0.4, -0.2) is 33.7 Å². The largest absolute Gasteiger partial charge is 0.356 e. The molecule has 154 valence electrons. The molecule has 5 nitrogen and oxygen atoms in total. The topological polar surface area (TPSA) is 66.5 Å². The number of sulfonamides is 1. The van der Waals surface area contributed by atoms with E-state index in [-0.39, 0.29) is 18.9 Å². The van der Waals surface area contributed by atoms with Gasteiger partial charge in [-0.3, -0.25) is 9.10 Å². The summed E-state index contributed by atoms with van der Waals surface area (Å²) in [5.74, 6) is 0.442. The Labute approximate surface area is 173 Å². The molecule has 8 heteroatoms. The number of halogens is 2. The van der Waals surface area contributed by atoms with E-state index in [0.717, 1.165) is 25.5 Å². The third-order valence-corrected chi connectivity index (χ3v) is 6.06. The second-order valence-electron chi connectivity index (χ2n) is 6.79. The van der Waals surface area contributed by atoms with E-state index in [2.05, 4.69) is 19.2 Å². The van der Waals surface area contributed by atoms with Crippen molar-refractivity contribution in [3.63, 3.8) is 0 Å². The smallest absolute Gasteiger partial charge is 0.232 e. The lowest BCUT2D eigenvalue weighted by molar-refractivity contribution is -0.121. The lowest BCUT2D eigenvalue weighted by atomic mass is 9.99. The Morgan fingerprint density at radius 2 is 1.78 bits per heavy atom. The van der Waals surface area contributed by atoms with E-state index in [1.54, 1.807) is 18.2 Å². The molecule has 0 heterocycles. The standard InChI is InChI=1S/C19H30Cl2N2O3S/c1-4-6-8-15(5-2)14-22-19(24)9-7-10-23(27(3,25)26)18-12-16(20)11-17(21)13-18/h11-13,15H,4-10,14H2,1-3H3,(H,22,24)/t15-/m1/s1. The number of carbonyl (C=O) groups excluding carboxylic acids is 1. The number of anilines is 1. The molecule has 0 saturated heterocycles. The Kier molecular flexibility index (Phi) is 10.5. The highest BCUT2D eigenvalue weighted by Crippen LogP contribution is 2.27. The maximum atomic E-state index is 12.1.